The third-order valence-corrected chi connectivity index (χ3v) is 4.66. The molecule has 0 amide bonds. The second-order valence-corrected chi connectivity index (χ2v) is 7.41. The van der Waals surface area contributed by atoms with Gasteiger partial charge in [-0.15, -0.1) is 0 Å². The van der Waals surface area contributed by atoms with Crippen LogP contribution < -0.4 is 10.6 Å². The van der Waals surface area contributed by atoms with Crippen molar-refractivity contribution in [2.45, 2.75) is 65.7 Å². The molecule has 1 aromatic rings. The minimum absolute atomic E-state index is 0.492. The first-order valence-corrected chi connectivity index (χ1v) is 9.74. The number of hydrogen-bond donors (Lipinski definition) is 2. The van der Waals surface area contributed by atoms with Gasteiger partial charge in [-0.3, -0.25) is 0 Å². The summed E-state index contributed by atoms with van der Waals surface area (Å²) < 4.78 is 0. The van der Waals surface area contributed by atoms with Gasteiger partial charge in [0.05, 0.1) is 5.70 Å². The zero-order chi connectivity index (χ0) is 18.2. The summed E-state index contributed by atoms with van der Waals surface area (Å²) in [5.74, 6) is 0.984. The number of nitrogens with one attached hydrogen (secondary N) is 2. The van der Waals surface area contributed by atoms with E-state index < -0.39 is 0 Å². The summed E-state index contributed by atoms with van der Waals surface area (Å²) in [7, 11) is 0. The smallest absolute Gasteiger partial charge is 0.0580 e. The fourth-order valence-corrected chi connectivity index (χ4v) is 3.16. The summed E-state index contributed by atoms with van der Waals surface area (Å²) in [5.41, 5.74) is 6.53. The van der Waals surface area contributed by atoms with Gasteiger partial charge in [-0.25, -0.2) is 0 Å². The van der Waals surface area contributed by atoms with Crippen LogP contribution in [-0.4, -0.2) is 6.54 Å². The number of hydrogen-bond acceptors (Lipinski definition) is 2. The van der Waals surface area contributed by atoms with Gasteiger partial charge in [-0.05, 0) is 35.5 Å². The third-order valence-electron chi connectivity index (χ3n) is 4.66. The van der Waals surface area contributed by atoms with Gasteiger partial charge in [0.2, 0.25) is 0 Å². The third kappa shape index (κ3) is 5.26. The topological polar surface area (TPSA) is 24.1 Å². The van der Waals surface area contributed by atoms with Crippen molar-refractivity contribution in [3.05, 3.63) is 65.0 Å². The van der Waals surface area contributed by atoms with Crippen LogP contribution >= 0.6 is 0 Å². The number of unbranched alkanes of at least 4 members (excludes halogenated alkanes) is 1. The predicted molar refractivity (Wildman–Crippen MR) is 111 cm³/mol. The molecule has 1 aliphatic carbocycles. The zero-order valence-electron chi connectivity index (χ0n) is 16.5. The van der Waals surface area contributed by atoms with Crippen molar-refractivity contribution >= 4 is 5.69 Å². The fourth-order valence-electron chi connectivity index (χ4n) is 3.16. The van der Waals surface area contributed by atoms with Crippen molar-refractivity contribution in [2.75, 3.05) is 11.9 Å². The number of allylic oxidation sites excluding steroid dienone is 4. The van der Waals surface area contributed by atoms with E-state index in [9.17, 15) is 0 Å². The molecule has 0 saturated heterocycles. The Morgan fingerprint density at radius 2 is 1.68 bits per heavy atom. The van der Waals surface area contributed by atoms with Crippen molar-refractivity contribution in [1.82, 2.24) is 5.32 Å². The van der Waals surface area contributed by atoms with Crippen LogP contribution in [0.3, 0.4) is 0 Å². The molecule has 1 aromatic carbocycles. The van der Waals surface area contributed by atoms with Crippen LogP contribution in [0, 0.1) is 0 Å². The minimum Gasteiger partial charge on any atom is -0.386 e. The molecule has 0 spiro atoms. The molecule has 0 radical (unpaired) electrons. The maximum absolute atomic E-state index is 3.79. The molecule has 1 aliphatic rings. The molecule has 2 nitrogen and oxygen atoms in total. The minimum atomic E-state index is 0.492. The van der Waals surface area contributed by atoms with Gasteiger partial charge in [0.15, 0.2) is 0 Å². The lowest BCUT2D eigenvalue weighted by Gasteiger charge is -2.23. The summed E-state index contributed by atoms with van der Waals surface area (Å²) in [6.07, 6.45) is 12.0. The summed E-state index contributed by atoms with van der Waals surface area (Å²) in [6.45, 7) is 12.3. The fraction of sp³-hybridized carbons (Fsp3) is 0.478. The quantitative estimate of drug-likeness (QED) is 0.531. The van der Waals surface area contributed by atoms with E-state index in [4.69, 9.17) is 0 Å². The molecule has 0 heterocycles. The van der Waals surface area contributed by atoms with Crippen LogP contribution in [-0.2, 0) is 0 Å². The summed E-state index contributed by atoms with van der Waals surface area (Å²) in [5, 5.41) is 7.43. The molecule has 0 saturated carbocycles. The van der Waals surface area contributed by atoms with Crippen LogP contribution in [0.1, 0.15) is 76.8 Å². The SMILES string of the molecule is CCCCNC1=C(Nc2c(C(C)C)cccc2C(C)C)C=CC=CC1. The lowest BCUT2D eigenvalue weighted by molar-refractivity contribution is 0.697. The van der Waals surface area contributed by atoms with Gasteiger partial charge in [-0.2, -0.15) is 0 Å². The average Bonchev–Trinajstić information content (AvgIpc) is 2.80. The molecule has 0 fully saturated rings. The van der Waals surface area contributed by atoms with Gasteiger partial charge in [0.1, 0.15) is 0 Å². The van der Waals surface area contributed by atoms with Crippen LogP contribution in [0.25, 0.3) is 0 Å². The van der Waals surface area contributed by atoms with Crippen molar-refractivity contribution < 1.29 is 0 Å². The van der Waals surface area contributed by atoms with Crippen molar-refractivity contribution in [2.24, 2.45) is 0 Å². The molecule has 0 atom stereocenters. The van der Waals surface area contributed by atoms with Crippen LogP contribution in [0.5, 0.6) is 0 Å². The first kappa shape index (κ1) is 19.4. The summed E-state index contributed by atoms with van der Waals surface area (Å²) >= 11 is 0. The first-order valence-electron chi connectivity index (χ1n) is 9.74. The molecule has 0 aromatic heterocycles. The highest BCUT2D eigenvalue weighted by molar-refractivity contribution is 5.64. The van der Waals surface area contributed by atoms with E-state index in [1.807, 2.05) is 0 Å². The standard InChI is InChI=1S/C23H34N2/c1-6-7-16-24-21-14-9-8-10-15-22(21)25-23-19(17(2)3)12-11-13-20(23)18(4)5/h8-13,15,17-18,24-25H,6-7,14,16H2,1-5H3. The van der Waals surface area contributed by atoms with E-state index in [2.05, 4.69) is 87.8 Å². The van der Waals surface area contributed by atoms with Crippen LogP contribution in [0.2, 0.25) is 0 Å². The van der Waals surface area contributed by atoms with Crippen molar-refractivity contribution in [1.29, 1.82) is 0 Å². The molecule has 2 N–H and O–H groups in total. The highest BCUT2D eigenvalue weighted by atomic mass is 15.0. The van der Waals surface area contributed by atoms with E-state index in [1.165, 1.54) is 41.1 Å². The van der Waals surface area contributed by atoms with Crippen LogP contribution in [0.4, 0.5) is 5.69 Å². The molecule has 0 aliphatic heterocycles. The highest BCUT2D eigenvalue weighted by Gasteiger charge is 2.15. The zero-order valence-corrected chi connectivity index (χ0v) is 16.5. The Morgan fingerprint density at radius 3 is 2.28 bits per heavy atom. The van der Waals surface area contributed by atoms with E-state index in [-0.39, 0.29) is 0 Å². The molecule has 25 heavy (non-hydrogen) atoms. The molecule has 0 unspecified atom stereocenters. The number of para-hydroxylation sites is 1. The lowest BCUT2D eigenvalue weighted by Crippen LogP contribution is -2.19. The van der Waals surface area contributed by atoms with Gasteiger partial charge >= 0.3 is 0 Å². The van der Waals surface area contributed by atoms with Gasteiger partial charge < -0.3 is 10.6 Å². The number of benzene rings is 1. The summed E-state index contributed by atoms with van der Waals surface area (Å²) in [4.78, 5) is 0. The highest BCUT2D eigenvalue weighted by Crippen LogP contribution is 2.34. The molecule has 2 rings (SSSR count). The lowest BCUT2D eigenvalue weighted by atomic mass is 9.92. The second-order valence-electron chi connectivity index (χ2n) is 7.41. The van der Waals surface area contributed by atoms with Gasteiger partial charge in [0.25, 0.3) is 0 Å². The molecular formula is C23H34N2. The van der Waals surface area contributed by atoms with Gasteiger partial charge in [-0.1, -0.05) is 77.5 Å². The molecule has 136 valence electrons. The molecular weight excluding hydrogens is 304 g/mol. The van der Waals surface area contributed by atoms with Crippen molar-refractivity contribution in [3.63, 3.8) is 0 Å². The monoisotopic (exact) mass is 338 g/mol. The Hall–Kier alpha value is -1.96. The number of rotatable bonds is 8. The first-order chi connectivity index (χ1) is 12.0. The summed E-state index contributed by atoms with van der Waals surface area (Å²) in [6, 6.07) is 6.69. The maximum atomic E-state index is 3.79. The Morgan fingerprint density at radius 1 is 1.00 bits per heavy atom. The van der Waals surface area contributed by atoms with Crippen molar-refractivity contribution in [3.8, 4) is 0 Å². The Kier molecular flexibility index (Phi) is 7.36. The molecule has 0 bridgehead atoms. The van der Waals surface area contributed by atoms with E-state index in [0.29, 0.717) is 11.8 Å². The number of anilines is 1. The van der Waals surface area contributed by atoms with E-state index >= 15 is 0 Å². The van der Waals surface area contributed by atoms with Crippen LogP contribution in [0.15, 0.2) is 53.9 Å². The average molecular weight is 339 g/mol. The van der Waals surface area contributed by atoms with E-state index in [0.717, 1.165) is 13.0 Å². The Bertz CT molecular complexity index is 622. The van der Waals surface area contributed by atoms with Gasteiger partial charge in [0, 0.05) is 24.4 Å². The maximum Gasteiger partial charge on any atom is 0.0580 e. The Balaban J connectivity index is 2.40. The molecule has 2 heteroatoms. The normalized spacial score (nSPS) is 14.4. The second kappa shape index (κ2) is 9.50. The largest absolute Gasteiger partial charge is 0.386 e. The van der Waals surface area contributed by atoms with E-state index in [1.54, 1.807) is 0 Å². The predicted octanol–water partition coefficient (Wildman–Crippen LogP) is 6.46. The Labute approximate surface area is 154 Å².